The van der Waals surface area contributed by atoms with Crippen molar-refractivity contribution in [2.24, 2.45) is 5.14 Å². The van der Waals surface area contributed by atoms with Gasteiger partial charge in [0.25, 0.3) is 0 Å². The molecule has 0 saturated heterocycles. The van der Waals surface area contributed by atoms with Gasteiger partial charge in [0.05, 0.1) is 4.90 Å². The molecule has 0 aliphatic heterocycles. The van der Waals surface area contributed by atoms with Crippen molar-refractivity contribution in [1.29, 1.82) is 0 Å². The number of benzene rings is 2. The predicted molar refractivity (Wildman–Crippen MR) is 88.9 cm³/mol. The highest BCUT2D eigenvalue weighted by molar-refractivity contribution is 7.89. The Morgan fingerprint density at radius 2 is 1.70 bits per heavy atom. The highest BCUT2D eigenvalue weighted by Gasteiger charge is 2.15. The van der Waals surface area contributed by atoms with E-state index in [1.165, 1.54) is 17.7 Å². The Hall–Kier alpha value is -2.44. The Labute approximate surface area is 135 Å². The van der Waals surface area contributed by atoms with Gasteiger partial charge in [-0.25, -0.2) is 18.5 Å². The Balaban J connectivity index is 1.98. The molecule has 0 unspecified atom stereocenters. The predicted octanol–water partition coefficient (Wildman–Crippen LogP) is 2.67. The van der Waals surface area contributed by atoms with E-state index in [4.69, 9.17) is 5.14 Å². The van der Waals surface area contributed by atoms with E-state index in [9.17, 15) is 8.42 Å². The van der Waals surface area contributed by atoms with Crippen LogP contribution >= 0.6 is 0 Å². The van der Waals surface area contributed by atoms with Crippen LogP contribution in [-0.4, -0.2) is 18.0 Å². The number of rotatable bonds is 4. The SMILES string of the molecule is C[C@@H](c1ccccc1)c1nccn1-c1ccc(S(N)(=O)=O)cc1. The molecule has 118 valence electrons. The van der Waals surface area contributed by atoms with Gasteiger partial charge in [-0.3, -0.25) is 0 Å². The third-order valence-corrected chi connectivity index (χ3v) is 4.73. The number of hydrogen-bond acceptors (Lipinski definition) is 3. The summed E-state index contributed by atoms with van der Waals surface area (Å²) >= 11 is 0. The minimum atomic E-state index is -3.68. The second-order valence-electron chi connectivity index (χ2n) is 5.33. The van der Waals surface area contributed by atoms with Crippen molar-refractivity contribution in [2.75, 3.05) is 0 Å². The molecule has 0 aliphatic carbocycles. The van der Waals surface area contributed by atoms with Gasteiger partial charge in [0.15, 0.2) is 0 Å². The van der Waals surface area contributed by atoms with Crippen molar-refractivity contribution in [3.8, 4) is 5.69 Å². The van der Waals surface area contributed by atoms with Gasteiger partial charge in [0.1, 0.15) is 5.82 Å². The Bertz CT molecular complexity index is 901. The number of hydrogen-bond donors (Lipinski definition) is 1. The number of aromatic nitrogens is 2. The summed E-state index contributed by atoms with van der Waals surface area (Å²) in [5, 5.41) is 5.13. The van der Waals surface area contributed by atoms with Gasteiger partial charge in [-0.15, -0.1) is 0 Å². The van der Waals surface area contributed by atoms with Crippen LogP contribution in [0.5, 0.6) is 0 Å². The molecular weight excluding hydrogens is 310 g/mol. The summed E-state index contributed by atoms with van der Waals surface area (Å²) in [6.07, 6.45) is 3.60. The Kier molecular flexibility index (Phi) is 4.02. The maximum Gasteiger partial charge on any atom is 0.238 e. The molecule has 0 bridgehead atoms. The zero-order chi connectivity index (χ0) is 16.4. The molecule has 0 aliphatic rings. The lowest BCUT2D eigenvalue weighted by Gasteiger charge is -2.15. The summed E-state index contributed by atoms with van der Waals surface area (Å²) in [6, 6.07) is 16.6. The first-order valence-corrected chi connectivity index (χ1v) is 8.73. The van der Waals surface area contributed by atoms with Crippen LogP contribution in [-0.2, 0) is 10.0 Å². The Morgan fingerprint density at radius 1 is 1.04 bits per heavy atom. The fourth-order valence-corrected chi connectivity index (χ4v) is 3.06. The summed E-state index contributed by atoms with van der Waals surface area (Å²) in [4.78, 5) is 4.56. The maximum absolute atomic E-state index is 11.3. The Morgan fingerprint density at radius 3 is 2.30 bits per heavy atom. The minimum Gasteiger partial charge on any atom is -0.303 e. The van der Waals surface area contributed by atoms with Crippen LogP contribution in [0.25, 0.3) is 5.69 Å². The monoisotopic (exact) mass is 327 g/mol. The average molecular weight is 327 g/mol. The summed E-state index contributed by atoms with van der Waals surface area (Å²) < 4.78 is 24.6. The zero-order valence-corrected chi connectivity index (χ0v) is 13.4. The van der Waals surface area contributed by atoms with Crippen LogP contribution in [0.3, 0.4) is 0 Å². The van der Waals surface area contributed by atoms with E-state index in [2.05, 4.69) is 24.0 Å². The van der Waals surface area contributed by atoms with Crippen molar-refractivity contribution >= 4 is 10.0 Å². The number of nitrogens with two attached hydrogens (primary N) is 1. The lowest BCUT2D eigenvalue weighted by atomic mass is 10.0. The van der Waals surface area contributed by atoms with Crippen LogP contribution < -0.4 is 5.14 Å². The topological polar surface area (TPSA) is 78.0 Å². The quantitative estimate of drug-likeness (QED) is 0.800. The summed E-state index contributed by atoms with van der Waals surface area (Å²) in [7, 11) is -3.68. The van der Waals surface area contributed by atoms with Crippen molar-refractivity contribution in [2.45, 2.75) is 17.7 Å². The molecule has 0 radical (unpaired) electrons. The van der Waals surface area contributed by atoms with Gasteiger partial charge in [-0.2, -0.15) is 0 Å². The van der Waals surface area contributed by atoms with Crippen LogP contribution in [0.4, 0.5) is 0 Å². The molecule has 6 heteroatoms. The molecule has 0 spiro atoms. The standard InChI is InChI=1S/C17H17N3O2S/c1-13(14-5-3-2-4-6-14)17-19-11-12-20(17)15-7-9-16(10-8-15)23(18,21)22/h2-13H,1H3,(H2,18,21,22)/t13-/m0/s1. The fraction of sp³-hybridized carbons (Fsp3) is 0.118. The van der Waals surface area contributed by atoms with E-state index in [0.717, 1.165) is 11.5 Å². The van der Waals surface area contributed by atoms with E-state index >= 15 is 0 Å². The lowest BCUT2D eigenvalue weighted by molar-refractivity contribution is 0.598. The molecule has 0 saturated carbocycles. The highest BCUT2D eigenvalue weighted by Crippen LogP contribution is 2.25. The van der Waals surface area contributed by atoms with Crippen molar-refractivity contribution in [3.63, 3.8) is 0 Å². The smallest absolute Gasteiger partial charge is 0.238 e. The van der Waals surface area contributed by atoms with Crippen LogP contribution in [0, 0.1) is 0 Å². The second-order valence-corrected chi connectivity index (χ2v) is 6.89. The molecule has 23 heavy (non-hydrogen) atoms. The van der Waals surface area contributed by atoms with Gasteiger partial charge >= 0.3 is 0 Å². The van der Waals surface area contributed by atoms with E-state index < -0.39 is 10.0 Å². The van der Waals surface area contributed by atoms with Gasteiger partial charge in [-0.1, -0.05) is 37.3 Å². The minimum absolute atomic E-state index is 0.0963. The first kappa shape index (κ1) is 15.5. The number of sulfonamides is 1. The molecule has 0 amide bonds. The third-order valence-electron chi connectivity index (χ3n) is 3.80. The van der Waals surface area contributed by atoms with E-state index in [-0.39, 0.29) is 10.8 Å². The normalized spacial score (nSPS) is 13.0. The maximum atomic E-state index is 11.3. The van der Waals surface area contributed by atoms with Crippen molar-refractivity contribution in [3.05, 3.63) is 78.4 Å². The molecule has 2 N–H and O–H groups in total. The molecule has 0 fully saturated rings. The number of imidazole rings is 1. The molecular formula is C17H17N3O2S. The summed E-state index contributed by atoms with van der Waals surface area (Å²) in [6.45, 7) is 2.09. The summed E-state index contributed by atoms with van der Waals surface area (Å²) in [5.74, 6) is 1.00. The third kappa shape index (κ3) is 3.18. The molecule has 1 heterocycles. The van der Waals surface area contributed by atoms with E-state index in [1.807, 2.05) is 29.0 Å². The van der Waals surface area contributed by atoms with E-state index in [1.54, 1.807) is 18.3 Å². The lowest BCUT2D eigenvalue weighted by Crippen LogP contribution is -2.12. The van der Waals surface area contributed by atoms with E-state index in [0.29, 0.717) is 0 Å². The highest BCUT2D eigenvalue weighted by atomic mass is 32.2. The molecule has 1 atom stereocenters. The first-order chi connectivity index (χ1) is 11.0. The van der Waals surface area contributed by atoms with Crippen LogP contribution in [0.2, 0.25) is 0 Å². The van der Waals surface area contributed by atoms with Crippen LogP contribution in [0.15, 0.2) is 71.9 Å². The second kappa shape index (κ2) is 5.98. The zero-order valence-electron chi connectivity index (χ0n) is 12.6. The molecule has 3 rings (SSSR count). The van der Waals surface area contributed by atoms with Gasteiger partial charge in [0, 0.05) is 24.0 Å². The molecule has 2 aromatic carbocycles. The molecule has 1 aromatic heterocycles. The average Bonchev–Trinajstić information content (AvgIpc) is 3.04. The first-order valence-electron chi connectivity index (χ1n) is 7.18. The fourth-order valence-electron chi connectivity index (χ4n) is 2.54. The van der Waals surface area contributed by atoms with Crippen molar-refractivity contribution in [1.82, 2.24) is 9.55 Å². The van der Waals surface area contributed by atoms with Crippen LogP contribution in [0.1, 0.15) is 24.2 Å². The van der Waals surface area contributed by atoms with Gasteiger partial charge in [0.2, 0.25) is 10.0 Å². The summed E-state index contributed by atoms with van der Waals surface area (Å²) in [5.41, 5.74) is 2.01. The largest absolute Gasteiger partial charge is 0.303 e. The molecule has 3 aromatic rings. The van der Waals surface area contributed by atoms with Crippen molar-refractivity contribution < 1.29 is 8.42 Å². The number of primary sulfonamides is 1. The van der Waals surface area contributed by atoms with Gasteiger partial charge in [-0.05, 0) is 29.8 Å². The number of nitrogens with zero attached hydrogens (tertiary/aromatic N) is 2. The van der Waals surface area contributed by atoms with Gasteiger partial charge < -0.3 is 4.57 Å². The molecule has 5 nitrogen and oxygen atoms in total.